The van der Waals surface area contributed by atoms with Gasteiger partial charge in [0.05, 0.1) is 6.54 Å². The Hall–Kier alpha value is -2.83. The van der Waals surface area contributed by atoms with Crippen molar-refractivity contribution in [3.8, 4) is 5.88 Å². The molecule has 2 aliphatic rings. The van der Waals surface area contributed by atoms with E-state index in [1.165, 1.54) is 19.3 Å². The minimum atomic E-state index is -0.0935. The van der Waals surface area contributed by atoms with Gasteiger partial charge in [-0.1, -0.05) is 18.2 Å². The molecule has 2 saturated heterocycles. The number of carbonyl (C=O) groups excluding carboxylic acids is 1. The number of piperidine rings is 1. The number of ether oxygens (including phenoxy) is 1. The predicted octanol–water partition coefficient (Wildman–Crippen LogP) is 3.15. The number of para-hydroxylation sites is 1. The number of nitrogens with one attached hydrogen (secondary N) is 1. The Balaban J connectivity index is 1.32. The molecule has 0 bridgehead atoms. The van der Waals surface area contributed by atoms with Crippen LogP contribution in [-0.2, 0) is 0 Å². The van der Waals surface area contributed by atoms with Crippen molar-refractivity contribution >= 4 is 17.5 Å². The number of nitrogens with zero attached hydrogens (tertiary/aromatic N) is 4. The van der Waals surface area contributed by atoms with Gasteiger partial charge in [-0.3, -0.25) is 0 Å². The highest BCUT2D eigenvalue weighted by Crippen LogP contribution is 2.23. The van der Waals surface area contributed by atoms with Crippen molar-refractivity contribution < 1.29 is 9.53 Å². The molecule has 1 aromatic carbocycles. The first kappa shape index (κ1) is 17.6. The SMILES string of the molecule is O=C(Nc1ccccc1)N1CCC(Oc2cc(N3CCCCC3)ncn2)C1. The first-order chi connectivity index (χ1) is 13.3. The Kier molecular flexibility index (Phi) is 5.37. The molecule has 4 rings (SSSR count). The van der Waals surface area contributed by atoms with Crippen LogP contribution in [0, 0.1) is 0 Å². The van der Waals surface area contributed by atoms with Gasteiger partial charge in [0.1, 0.15) is 18.2 Å². The first-order valence-corrected chi connectivity index (χ1v) is 9.62. The van der Waals surface area contributed by atoms with Crippen LogP contribution in [0.3, 0.4) is 0 Å². The number of hydrogen-bond donors (Lipinski definition) is 1. The van der Waals surface area contributed by atoms with Crippen LogP contribution in [0.15, 0.2) is 42.7 Å². The fraction of sp³-hybridized carbons (Fsp3) is 0.450. The fourth-order valence-corrected chi connectivity index (χ4v) is 3.59. The van der Waals surface area contributed by atoms with E-state index in [-0.39, 0.29) is 12.1 Å². The van der Waals surface area contributed by atoms with Crippen LogP contribution in [0.5, 0.6) is 5.88 Å². The number of likely N-dealkylation sites (tertiary alicyclic amines) is 1. The third-order valence-electron chi connectivity index (χ3n) is 5.05. The second-order valence-electron chi connectivity index (χ2n) is 7.03. The van der Waals surface area contributed by atoms with Crippen LogP contribution in [0.2, 0.25) is 0 Å². The van der Waals surface area contributed by atoms with Gasteiger partial charge in [0, 0.05) is 37.8 Å². The normalized spacial score (nSPS) is 19.8. The van der Waals surface area contributed by atoms with E-state index in [2.05, 4.69) is 20.2 Å². The monoisotopic (exact) mass is 367 g/mol. The van der Waals surface area contributed by atoms with E-state index in [1.807, 2.05) is 36.4 Å². The van der Waals surface area contributed by atoms with Gasteiger partial charge in [-0.2, -0.15) is 0 Å². The lowest BCUT2D eigenvalue weighted by molar-refractivity contribution is 0.189. The minimum absolute atomic E-state index is 0.0457. The summed E-state index contributed by atoms with van der Waals surface area (Å²) in [6.45, 7) is 3.30. The topological polar surface area (TPSA) is 70.6 Å². The highest BCUT2D eigenvalue weighted by Gasteiger charge is 2.28. The third kappa shape index (κ3) is 4.48. The predicted molar refractivity (Wildman–Crippen MR) is 104 cm³/mol. The highest BCUT2D eigenvalue weighted by atomic mass is 16.5. The van der Waals surface area contributed by atoms with Gasteiger partial charge in [-0.05, 0) is 31.4 Å². The summed E-state index contributed by atoms with van der Waals surface area (Å²) in [6, 6.07) is 11.3. The summed E-state index contributed by atoms with van der Waals surface area (Å²) in [5, 5.41) is 2.92. The zero-order valence-corrected chi connectivity index (χ0v) is 15.4. The average molecular weight is 367 g/mol. The minimum Gasteiger partial charge on any atom is -0.472 e. The van der Waals surface area contributed by atoms with Crippen molar-refractivity contribution in [3.05, 3.63) is 42.7 Å². The van der Waals surface area contributed by atoms with Crippen LogP contribution in [0.25, 0.3) is 0 Å². The van der Waals surface area contributed by atoms with Gasteiger partial charge in [-0.15, -0.1) is 0 Å². The number of hydrogen-bond acceptors (Lipinski definition) is 5. The number of amides is 2. The molecule has 1 unspecified atom stereocenters. The van der Waals surface area contributed by atoms with Crippen LogP contribution in [0.4, 0.5) is 16.3 Å². The van der Waals surface area contributed by atoms with Gasteiger partial charge in [0.15, 0.2) is 0 Å². The van der Waals surface area contributed by atoms with E-state index < -0.39 is 0 Å². The lowest BCUT2D eigenvalue weighted by Gasteiger charge is -2.27. The first-order valence-electron chi connectivity index (χ1n) is 9.62. The summed E-state index contributed by atoms with van der Waals surface area (Å²) in [6.07, 6.45) is 6.01. The zero-order chi connectivity index (χ0) is 18.5. The van der Waals surface area contributed by atoms with E-state index in [1.54, 1.807) is 11.2 Å². The highest BCUT2D eigenvalue weighted by molar-refractivity contribution is 5.89. The van der Waals surface area contributed by atoms with Crippen LogP contribution < -0.4 is 15.0 Å². The lowest BCUT2D eigenvalue weighted by Crippen LogP contribution is -2.34. The van der Waals surface area contributed by atoms with Gasteiger partial charge < -0.3 is 19.9 Å². The molecule has 0 saturated carbocycles. The molecule has 142 valence electrons. The van der Waals surface area contributed by atoms with Crippen molar-refractivity contribution in [2.75, 3.05) is 36.4 Å². The maximum absolute atomic E-state index is 12.4. The Bertz CT molecular complexity index is 764. The maximum atomic E-state index is 12.4. The quantitative estimate of drug-likeness (QED) is 0.899. The summed E-state index contributed by atoms with van der Waals surface area (Å²) >= 11 is 0. The second-order valence-corrected chi connectivity index (χ2v) is 7.03. The summed E-state index contributed by atoms with van der Waals surface area (Å²) in [7, 11) is 0. The summed E-state index contributed by atoms with van der Waals surface area (Å²) in [5.41, 5.74) is 0.800. The van der Waals surface area contributed by atoms with Crippen molar-refractivity contribution in [3.63, 3.8) is 0 Å². The molecule has 0 aliphatic carbocycles. The average Bonchev–Trinajstić information content (AvgIpc) is 3.18. The molecular formula is C20H25N5O2. The molecule has 0 spiro atoms. The molecule has 3 heterocycles. The molecule has 7 heteroatoms. The van der Waals surface area contributed by atoms with E-state index in [9.17, 15) is 4.79 Å². The molecule has 7 nitrogen and oxygen atoms in total. The van der Waals surface area contributed by atoms with Gasteiger partial charge in [-0.25, -0.2) is 14.8 Å². The molecule has 1 aromatic heterocycles. The molecule has 0 radical (unpaired) electrons. The number of aromatic nitrogens is 2. The lowest BCUT2D eigenvalue weighted by atomic mass is 10.1. The molecule has 1 N–H and O–H groups in total. The molecule has 2 aromatic rings. The largest absolute Gasteiger partial charge is 0.472 e. The fourth-order valence-electron chi connectivity index (χ4n) is 3.59. The van der Waals surface area contributed by atoms with Gasteiger partial charge in [0.2, 0.25) is 5.88 Å². The number of rotatable bonds is 4. The van der Waals surface area contributed by atoms with Crippen molar-refractivity contribution in [1.82, 2.24) is 14.9 Å². The summed E-state index contributed by atoms with van der Waals surface area (Å²) < 4.78 is 6.04. The molecule has 1 atom stereocenters. The van der Waals surface area contributed by atoms with Crippen molar-refractivity contribution in [1.29, 1.82) is 0 Å². The smallest absolute Gasteiger partial charge is 0.321 e. The van der Waals surface area contributed by atoms with Gasteiger partial charge in [0.25, 0.3) is 0 Å². The third-order valence-corrected chi connectivity index (χ3v) is 5.05. The van der Waals surface area contributed by atoms with Crippen LogP contribution in [0.1, 0.15) is 25.7 Å². The standard InChI is InChI=1S/C20H25N5O2/c26-20(23-16-7-3-1-4-8-16)25-12-9-17(14-25)27-19-13-18(21-15-22-19)24-10-5-2-6-11-24/h1,3-4,7-8,13,15,17H,2,5-6,9-12,14H2,(H,23,26). The van der Waals surface area contributed by atoms with Crippen molar-refractivity contribution in [2.24, 2.45) is 0 Å². The second kappa shape index (κ2) is 8.24. The van der Waals surface area contributed by atoms with E-state index in [0.717, 1.165) is 31.0 Å². The van der Waals surface area contributed by atoms with E-state index >= 15 is 0 Å². The molecular weight excluding hydrogens is 342 g/mol. The van der Waals surface area contributed by atoms with Gasteiger partial charge >= 0.3 is 6.03 Å². The molecule has 2 aliphatic heterocycles. The van der Waals surface area contributed by atoms with Crippen molar-refractivity contribution in [2.45, 2.75) is 31.8 Å². The number of urea groups is 1. The molecule has 2 fully saturated rings. The Morgan fingerprint density at radius 3 is 2.70 bits per heavy atom. The maximum Gasteiger partial charge on any atom is 0.321 e. The van der Waals surface area contributed by atoms with E-state index in [4.69, 9.17) is 4.74 Å². The number of carbonyl (C=O) groups is 1. The Morgan fingerprint density at radius 1 is 1.07 bits per heavy atom. The van der Waals surface area contributed by atoms with Crippen LogP contribution >= 0.6 is 0 Å². The number of anilines is 2. The molecule has 2 amide bonds. The number of benzene rings is 1. The van der Waals surface area contributed by atoms with Crippen LogP contribution in [-0.4, -0.2) is 53.2 Å². The summed E-state index contributed by atoms with van der Waals surface area (Å²) in [5.74, 6) is 1.51. The zero-order valence-electron chi connectivity index (χ0n) is 15.4. The van der Waals surface area contributed by atoms with E-state index in [0.29, 0.717) is 19.0 Å². The Morgan fingerprint density at radius 2 is 1.89 bits per heavy atom. The Labute approximate surface area is 159 Å². The summed E-state index contributed by atoms with van der Waals surface area (Å²) in [4.78, 5) is 25.1. The molecule has 27 heavy (non-hydrogen) atoms.